The number of hydrogen-bond acceptors (Lipinski definition) is 2. The Labute approximate surface area is 149 Å². The summed E-state index contributed by atoms with van der Waals surface area (Å²) in [6, 6.07) is 18.3. The number of hydrogen-bond donors (Lipinski definition) is 0. The SMILES string of the molecule is CN1CC(c2ccc(Br)cc2)N(C)CC1c1ccc(Br)cc1. The topological polar surface area (TPSA) is 6.48 Å². The number of likely N-dealkylation sites (N-methyl/N-ethyl adjacent to an activating group) is 2. The van der Waals surface area contributed by atoms with Gasteiger partial charge in [-0.1, -0.05) is 56.1 Å². The Morgan fingerprint density at radius 1 is 0.682 bits per heavy atom. The van der Waals surface area contributed by atoms with E-state index < -0.39 is 0 Å². The molecule has 0 aromatic heterocycles. The number of halogens is 2. The van der Waals surface area contributed by atoms with Gasteiger partial charge in [0.1, 0.15) is 0 Å². The summed E-state index contributed by atoms with van der Waals surface area (Å²) in [4.78, 5) is 4.94. The molecule has 1 aliphatic heterocycles. The minimum absolute atomic E-state index is 0.449. The van der Waals surface area contributed by atoms with Gasteiger partial charge >= 0.3 is 0 Å². The second-order valence-corrected chi connectivity index (χ2v) is 7.85. The minimum atomic E-state index is 0.449. The van der Waals surface area contributed by atoms with Crippen LogP contribution in [0.4, 0.5) is 0 Å². The Hall–Kier alpha value is -0.680. The van der Waals surface area contributed by atoms with Crippen LogP contribution in [0.25, 0.3) is 0 Å². The zero-order valence-electron chi connectivity index (χ0n) is 12.8. The lowest BCUT2D eigenvalue weighted by atomic mass is 9.97. The third-order valence-electron chi connectivity index (χ3n) is 4.50. The summed E-state index contributed by atoms with van der Waals surface area (Å²) < 4.78 is 2.27. The van der Waals surface area contributed by atoms with Gasteiger partial charge in [0, 0.05) is 34.1 Å². The third kappa shape index (κ3) is 3.46. The molecule has 1 aliphatic rings. The minimum Gasteiger partial charge on any atom is -0.296 e. The van der Waals surface area contributed by atoms with Crippen LogP contribution in [0.1, 0.15) is 23.2 Å². The van der Waals surface area contributed by atoms with Crippen molar-refractivity contribution in [3.63, 3.8) is 0 Å². The molecule has 0 aliphatic carbocycles. The molecule has 2 atom stereocenters. The molecule has 0 N–H and O–H groups in total. The molecule has 1 heterocycles. The first-order valence-corrected chi connectivity index (χ1v) is 9.04. The molecular formula is C18H20Br2N2. The van der Waals surface area contributed by atoms with Gasteiger partial charge in [-0.25, -0.2) is 0 Å². The smallest absolute Gasteiger partial charge is 0.0473 e. The second-order valence-electron chi connectivity index (χ2n) is 6.01. The average Bonchev–Trinajstić information content (AvgIpc) is 2.51. The van der Waals surface area contributed by atoms with Gasteiger partial charge in [-0.15, -0.1) is 0 Å². The van der Waals surface area contributed by atoms with E-state index >= 15 is 0 Å². The van der Waals surface area contributed by atoms with Crippen LogP contribution < -0.4 is 0 Å². The van der Waals surface area contributed by atoms with E-state index in [0.717, 1.165) is 22.0 Å². The monoisotopic (exact) mass is 422 g/mol. The Balaban J connectivity index is 1.79. The molecule has 116 valence electrons. The Morgan fingerprint density at radius 3 is 1.32 bits per heavy atom. The van der Waals surface area contributed by atoms with Gasteiger partial charge in [-0.3, -0.25) is 9.80 Å². The molecule has 0 amide bonds. The fraction of sp³-hybridized carbons (Fsp3) is 0.333. The molecule has 0 radical (unpaired) electrons. The lowest BCUT2D eigenvalue weighted by Crippen LogP contribution is -2.46. The summed E-state index contributed by atoms with van der Waals surface area (Å²) in [5, 5.41) is 0. The summed E-state index contributed by atoms with van der Waals surface area (Å²) >= 11 is 7.03. The van der Waals surface area contributed by atoms with Crippen LogP contribution in [0.5, 0.6) is 0 Å². The maximum Gasteiger partial charge on any atom is 0.0473 e. The Bertz CT molecular complexity index is 567. The number of rotatable bonds is 2. The summed E-state index contributed by atoms with van der Waals surface area (Å²) in [6.07, 6.45) is 0. The van der Waals surface area contributed by atoms with Crippen molar-refractivity contribution < 1.29 is 0 Å². The summed E-state index contributed by atoms with van der Waals surface area (Å²) in [7, 11) is 4.46. The number of nitrogens with zero attached hydrogens (tertiary/aromatic N) is 2. The molecule has 2 unspecified atom stereocenters. The van der Waals surface area contributed by atoms with Crippen LogP contribution in [0.15, 0.2) is 57.5 Å². The van der Waals surface area contributed by atoms with Crippen LogP contribution >= 0.6 is 31.9 Å². The maximum absolute atomic E-state index is 3.51. The van der Waals surface area contributed by atoms with Gasteiger partial charge in [0.2, 0.25) is 0 Å². The van der Waals surface area contributed by atoms with Crippen molar-refractivity contribution in [2.24, 2.45) is 0 Å². The Morgan fingerprint density at radius 2 is 1.00 bits per heavy atom. The molecule has 2 aromatic rings. The lowest BCUT2D eigenvalue weighted by molar-refractivity contribution is 0.0623. The van der Waals surface area contributed by atoms with Gasteiger partial charge in [-0.2, -0.15) is 0 Å². The van der Waals surface area contributed by atoms with Gasteiger partial charge in [0.05, 0.1) is 0 Å². The van der Waals surface area contributed by atoms with E-state index in [1.54, 1.807) is 0 Å². The highest BCUT2D eigenvalue weighted by Gasteiger charge is 2.31. The molecule has 3 rings (SSSR count). The van der Waals surface area contributed by atoms with E-state index in [4.69, 9.17) is 0 Å². The highest BCUT2D eigenvalue weighted by atomic mass is 79.9. The van der Waals surface area contributed by atoms with Gasteiger partial charge in [0.25, 0.3) is 0 Å². The highest BCUT2D eigenvalue weighted by molar-refractivity contribution is 9.10. The first-order valence-electron chi connectivity index (χ1n) is 7.46. The lowest BCUT2D eigenvalue weighted by Gasteiger charge is -2.43. The molecular weight excluding hydrogens is 404 g/mol. The normalized spacial score (nSPS) is 23.6. The molecule has 4 heteroatoms. The first kappa shape index (κ1) is 16.2. The van der Waals surface area contributed by atoms with E-state index in [-0.39, 0.29) is 0 Å². The van der Waals surface area contributed by atoms with Crippen LogP contribution in [-0.4, -0.2) is 37.0 Å². The van der Waals surface area contributed by atoms with Crippen molar-refractivity contribution in [1.29, 1.82) is 0 Å². The van der Waals surface area contributed by atoms with Crippen molar-refractivity contribution in [3.05, 3.63) is 68.6 Å². The Kier molecular flexibility index (Phi) is 5.03. The predicted octanol–water partition coefficient (Wildman–Crippen LogP) is 4.87. The molecule has 2 nitrogen and oxygen atoms in total. The zero-order chi connectivity index (χ0) is 15.7. The quantitative estimate of drug-likeness (QED) is 0.679. The van der Waals surface area contributed by atoms with Crippen molar-refractivity contribution >= 4 is 31.9 Å². The summed E-state index contributed by atoms with van der Waals surface area (Å²) in [5.41, 5.74) is 2.76. The molecule has 2 aromatic carbocycles. The molecule has 0 bridgehead atoms. The zero-order valence-corrected chi connectivity index (χ0v) is 16.0. The molecule has 1 saturated heterocycles. The number of piperazine rings is 1. The molecule has 0 saturated carbocycles. The van der Waals surface area contributed by atoms with Crippen molar-refractivity contribution in [2.45, 2.75) is 12.1 Å². The maximum atomic E-state index is 3.51. The molecule has 0 spiro atoms. The van der Waals surface area contributed by atoms with Crippen molar-refractivity contribution in [3.8, 4) is 0 Å². The van der Waals surface area contributed by atoms with E-state index in [9.17, 15) is 0 Å². The second kappa shape index (κ2) is 6.83. The van der Waals surface area contributed by atoms with Crippen LogP contribution in [0.2, 0.25) is 0 Å². The summed E-state index contributed by atoms with van der Waals surface area (Å²) in [6.45, 7) is 2.08. The highest BCUT2D eigenvalue weighted by Crippen LogP contribution is 2.33. The fourth-order valence-corrected chi connectivity index (χ4v) is 3.70. The van der Waals surface area contributed by atoms with Gasteiger partial charge in [-0.05, 0) is 49.5 Å². The standard InChI is InChI=1S/C18H20Br2N2/c1-21-11-18(14-5-9-16(20)10-6-14)22(2)12-17(21)13-3-7-15(19)8-4-13/h3-10,17-18H,11-12H2,1-2H3. The van der Waals surface area contributed by atoms with Crippen LogP contribution in [-0.2, 0) is 0 Å². The van der Waals surface area contributed by atoms with E-state index in [1.165, 1.54) is 11.1 Å². The number of benzene rings is 2. The third-order valence-corrected chi connectivity index (χ3v) is 5.55. The molecule has 22 heavy (non-hydrogen) atoms. The van der Waals surface area contributed by atoms with E-state index in [2.05, 4.69) is 104 Å². The average molecular weight is 424 g/mol. The first-order chi connectivity index (χ1) is 10.5. The largest absolute Gasteiger partial charge is 0.296 e. The van der Waals surface area contributed by atoms with Gasteiger partial charge < -0.3 is 0 Å². The van der Waals surface area contributed by atoms with Crippen molar-refractivity contribution in [1.82, 2.24) is 9.80 Å². The predicted molar refractivity (Wildman–Crippen MR) is 99.0 cm³/mol. The van der Waals surface area contributed by atoms with Crippen molar-refractivity contribution in [2.75, 3.05) is 27.2 Å². The van der Waals surface area contributed by atoms with E-state index in [0.29, 0.717) is 12.1 Å². The van der Waals surface area contributed by atoms with E-state index in [1.807, 2.05) is 0 Å². The van der Waals surface area contributed by atoms with Gasteiger partial charge in [0.15, 0.2) is 0 Å². The van der Waals surface area contributed by atoms with Crippen LogP contribution in [0.3, 0.4) is 0 Å². The molecule has 1 fully saturated rings. The van der Waals surface area contributed by atoms with Crippen LogP contribution in [0, 0.1) is 0 Å². The fourth-order valence-electron chi connectivity index (χ4n) is 3.17. The summed E-state index contributed by atoms with van der Waals surface area (Å²) in [5.74, 6) is 0.